The fraction of sp³-hybridized carbons (Fsp3) is 0.364. The lowest BCUT2D eigenvalue weighted by molar-refractivity contribution is -0.348. The summed E-state index contributed by atoms with van der Waals surface area (Å²) in [5, 5.41) is 11.7. The molecule has 0 saturated carbocycles. The smallest absolute Gasteiger partial charge is 0.435 e. The number of carboxylic acid groups (broad SMARTS) is 1. The molecule has 0 aromatic heterocycles. The second-order valence-electron chi connectivity index (χ2n) is 8.11. The third kappa shape index (κ3) is 5.08. The first-order chi connectivity index (χ1) is 16.9. The lowest BCUT2D eigenvalue weighted by atomic mass is 9.92. The summed E-state index contributed by atoms with van der Waals surface area (Å²) in [5.74, 6) is -1.21. The number of benzene rings is 2. The molecule has 3 rings (SSSR count). The van der Waals surface area contributed by atoms with E-state index >= 15 is 0 Å². The van der Waals surface area contributed by atoms with Gasteiger partial charge in [0.05, 0.1) is 10.6 Å². The van der Waals surface area contributed by atoms with Crippen LogP contribution < -0.4 is 5.32 Å². The highest BCUT2D eigenvalue weighted by atomic mass is 32.2. The monoisotopic (exact) mass is 556 g/mol. The molecule has 0 bridgehead atoms. The molecule has 0 radical (unpaired) electrons. The predicted octanol–water partition coefficient (Wildman–Crippen LogP) is 4.99. The second-order valence-corrected chi connectivity index (χ2v) is 10.4. The van der Waals surface area contributed by atoms with E-state index in [0.717, 1.165) is 4.90 Å². The van der Waals surface area contributed by atoms with Gasteiger partial charge in [-0.1, -0.05) is 25.1 Å². The molecule has 2 aromatic rings. The van der Waals surface area contributed by atoms with Crippen molar-refractivity contribution in [2.45, 2.75) is 42.3 Å². The molecule has 0 aliphatic carbocycles. The Kier molecular flexibility index (Phi) is 7.25. The van der Waals surface area contributed by atoms with Gasteiger partial charge in [0.1, 0.15) is 6.04 Å². The van der Waals surface area contributed by atoms with Crippen molar-refractivity contribution in [2.75, 3.05) is 17.6 Å². The first kappa shape index (κ1) is 28.2. The van der Waals surface area contributed by atoms with E-state index in [4.69, 9.17) is 0 Å². The number of sulfone groups is 1. The molecule has 0 fully saturated rings. The third-order valence-corrected chi connectivity index (χ3v) is 7.64. The van der Waals surface area contributed by atoms with Gasteiger partial charge in [0.25, 0.3) is 5.91 Å². The van der Waals surface area contributed by atoms with Crippen LogP contribution in [0.1, 0.15) is 29.7 Å². The minimum Gasteiger partial charge on any atom is -0.465 e. The summed E-state index contributed by atoms with van der Waals surface area (Å²) < 4.78 is 116. The van der Waals surface area contributed by atoms with E-state index in [2.05, 4.69) is 5.32 Å². The number of nitrogens with one attached hydrogen (secondary N) is 1. The molecular weight excluding hydrogens is 537 g/mol. The maximum Gasteiger partial charge on any atom is 0.435 e. The van der Waals surface area contributed by atoms with E-state index in [1.807, 2.05) is 0 Å². The van der Waals surface area contributed by atoms with E-state index in [1.165, 1.54) is 25.1 Å². The molecule has 202 valence electrons. The Morgan fingerprint density at radius 1 is 1.00 bits per heavy atom. The van der Waals surface area contributed by atoms with E-state index in [-0.39, 0.29) is 47.0 Å². The zero-order chi connectivity index (χ0) is 28.0. The standard InChI is InChI=1S/C22H19F7N2O5S/c1-2-37(35,36)15-7-8-16-12(11-15)9-10-31(19(33)34)17(16)18(32)30-14-5-3-13(4-6-14)20(23,21(24,25)26)22(27,28)29/h3-8,11,17H,2,9-10H2,1H3,(H,30,32)(H,33,34). The van der Waals surface area contributed by atoms with Gasteiger partial charge in [-0.15, -0.1) is 0 Å². The zero-order valence-electron chi connectivity index (χ0n) is 18.8. The molecule has 1 unspecified atom stereocenters. The summed E-state index contributed by atoms with van der Waals surface area (Å²) in [5.41, 5.74) is -7.22. The molecular formula is C22H19F7N2O5S. The third-order valence-electron chi connectivity index (χ3n) is 5.91. The van der Waals surface area contributed by atoms with Gasteiger partial charge in [0, 0.05) is 17.8 Å². The number of carbonyl (C=O) groups excluding carboxylic acids is 1. The number of nitrogens with zero attached hydrogens (tertiary/aromatic N) is 1. The molecule has 15 heteroatoms. The van der Waals surface area contributed by atoms with Crippen molar-refractivity contribution < 1.29 is 53.8 Å². The number of halogens is 7. The van der Waals surface area contributed by atoms with Crippen molar-refractivity contribution in [2.24, 2.45) is 0 Å². The van der Waals surface area contributed by atoms with Crippen LogP contribution in [0.4, 0.5) is 41.2 Å². The molecule has 0 spiro atoms. The average Bonchev–Trinajstić information content (AvgIpc) is 2.81. The number of alkyl halides is 7. The molecule has 2 N–H and O–H groups in total. The molecule has 37 heavy (non-hydrogen) atoms. The molecule has 2 amide bonds. The minimum atomic E-state index is -6.31. The van der Waals surface area contributed by atoms with Gasteiger partial charge in [0.15, 0.2) is 9.84 Å². The van der Waals surface area contributed by atoms with Crippen LogP contribution in [0.5, 0.6) is 0 Å². The summed E-state index contributed by atoms with van der Waals surface area (Å²) >= 11 is 0. The lowest BCUT2D eigenvalue weighted by Gasteiger charge is -2.34. The van der Waals surface area contributed by atoms with Crippen molar-refractivity contribution in [3.8, 4) is 0 Å². The Hall–Kier alpha value is -3.36. The molecule has 2 aromatic carbocycles. The highest BCUT2D eigenvalue weighted by Gasteiger charge is 2.73. The number of rotatable bonds is 5. The summed E-state index contributed by atoms with van der Waals surface area (Å²) in [6, 6.07) is 3.93. The fourth-order valence-corrected chi connectivity index (χ4v) is 4.86. The number of anilines is 1. The van der Waals surface area contributed by atoms with Crippen LogP contribution in [0.3, 0.4) is 0 Å². The summed E-state index contributed by atoms with van der Waals surface area (Å²) in [7, 11) is -3.61. The van der Waals surface area contributed by atoms with Crippen LogP contribution in [0.25, 0.3) is 0 Å². The lowest BCUT2D eigenvalue weighted by Crippen LogP contribution is -2.50. The zero-order valence-corrected chi connectivity index (χ0v) is 19.6. The Labute approximate surface area is 205 Å². The van der Waals surface area contributed by atoms with Gasteiger partial charge in [-0.25, -0.2) is 17.6 Å². The van der Waals surface area contributed by atoms with Crippen molar-refractivity contribution in [1.82, 2.24) is 4.90 Å². The topological polar surface area (TPSA) is 104 Å². The largest absolute Gasteiger partial charge is 0.465 e. The number of fused-ring (bicyclic) bond motifs is 1. The van der Waals surface area contributed by atoms with E-state index < -0.39 is 51.5 Å². The maximum atomic E-state index is 14.2. The number of hydrogen-bond acceptors (Lipinski definition) is 4. The van der Waals surface area contributed by atoms with Gasteiger partial charge in [-0.05, 0) is 41.8 Å². The van der Waals surface area contributed by atoms with E-state index in [0.29, 0.717) is 17.7 Å². The quantitative estimate of drug-likeness (QED) is 0.506. The van der Waals surface area contributed by atoms with E-state index in [9.17, 15) is 53.8 Å². The Morgan fingerprint density at radius 2 is 1.57 bits per heavy atom. The molecule has 1 aliphatic heterocycles. The molecule has 1 atom stereocenters. The number of carbonyl (C=O) groups is 2. The number of hydrogen-bond donors (Lipinski definition) is 2. The summed E-state index contributed by atoms with van der Waals surface area (Å²) in [6.45, 7) is 1.23. The van der Waals surface area contributed by atoms with Crippen LogP contribution in [-0.4, -0.2) is 55.1 Å². The first-order valence-electron chi connectivity index (χ1n) is 10.5. The Morgan fingerprint density at radius 3 is 2.05 bits per heavy atom. The second kappa shape index (κ2) is 9.50. The number of amides is 2. The van der Waals surface area contributed by atoms with Crippen LogP contribution in [-0.2, 0) is 26.7 Å². The van der Waals surface area contributed by atoms with Crippen molar-refractivity contribution in [3.63, 3.8) is 0 Å². The van der Waals surface area contributed by atoms with E-state index in [1.54, 1.807) is 0 Å². The van der Waals surface area contributed by atoms with Gasteiger partial charge < -0.3 is 10.4 Å². The Bertz CT molecular complexity index is 1290. The van der Waals surface area contributed by atoms with Crippen LogP contribution in [0.15, 0.2) is 47.4 Å². The van der Waals surface area contributed by atoms with Crippen molar-refractivity contribution >= 4 is 27.5 Å². The predicted molar refractivity (Wildman–Crippen MR) is 115 cm³/mol. The molecule has 7 nitrogen and oxygen atoms in total. The summed E-state index contributed by atoms with van der Waals surface area (Å²) in [6.07, 6.45) is -14.0. The summed E-state index contributed by atoms with van der Waals surface area (Å²) in [4.78, 5) is 25.5. The SMILES string of the molecule is CCS(=O)(=O)c1ccc2c(c1)CCN(C(=O)O)C2C(=O)Nc1ccc(C(F)(C(F)(F)F)C(F)(F)F)cc1. The van der Waals surface area contributed by atoms with Gasteiger partial charge >= 0.3 is 24.1 Å². The van der Waals surface area contributed by atoms with Crippen molar-refractivity contribution in [3.05, 3.63) is 59.2 Å². The van der Waals surface area contributed by atoms with Gasteiger partial charge in [0.2, 0.25) is 0 Å². The fourth-order valence-electron chi connectivity index (χ4n) is 3.93. The van der Waals surface area contributed by atoms with Gasteiger partial charge in [-0.2, -0.15) is 26.3 Å². The highest BCUT2D eigenvalue weighted by molar-refractivity contribution is 7.91. The Balaban J connectivity index is 1.95. The van der Waals surface area contributed by atoms with Crippen LogP contribution in [0, 0.1) is 0 Å². The molecule has 1 aliphatic rings. The minimum absolute atomic E-state index is 0.0312. The van der Waals surface area contributed by atoms with Crippen molar-refractivity contribution in [1.29, 1.82) is 0 Å². The van der Waals surface area contributed by atoms with Crippen LogP contribution >= 0.6 is 0 Å². The molecule has 0 saturated heterocycles. The normalized spacial score (nSPS) is 16.8. The molecule has 1 heterocycles. The van der Waals surface area contributed by atoms with Gasteiger partial charge in [-0.3, -0.25) is 9.69 Å². The highest BCUT2D eigenvalue weighted by Crippen LogP contribution is 2.53. The first-order valence-corrected chi connectivity index (χ1v) is 12.2. The maximum absolute atomic E-state index is 14.2. The average molecular weight is 556 g/mol. The van der Waals surface area contributed by atoms with Crippen LogP contribution in [0.2, 0.25) is 0 Å².